The molecule has 0 N–H and O–H groups in total. The molecule has 0 aliphatic carbocycles. The number of pyridine rings is 2. The van der Waals surface area contributed by atoms with Crippen molar-refractivity contribution in [3.63, 3.8) is 0 Å². The zero-order valence-corrected chi connectivity index (χ0v) is 13.8. The predicted octanol–water partition coefficient (Wildman–Crippen LogP) is 3.89. The first-order valence-electron chi connectivity index (χ1n) is 7.95. The fourth-order valence-electron chi connectivity index (χ4n) is 2.87. The van der Waals surface area contributed by atoms with Gasteiger partial charge >= 0.3 is 0 Å². The number of nitrogens with zero attached hydrogens (tertiary/aromatic N) is 4. The summed E-state index contributed by atoms with van der Waals surface area (Å²) >= 11 is 0. The lowest BCUT2D eigenvalue weighted by molar-refractivity contribution is 1.07. The number of anilines is 1. The van der Waals surface area contributed by atoms with E-state index < -0.39 is 0 Å². The molecule has 4 rings (SSSR count). The summed E-state index contributed by atoms with van der Waals surface area (Å²) in [4.78, 5) is 15.4. The van der Waals surface area contributed by atoms with Crippen LogP contribution in [0.5, 0.6) is 0 Å². The van der Waals surface area contributed by atoms with Crippen molar-refractivity contribution in [2.75, 3.05) is 19.0 Å². The molecule has 0 saturated carbocycles. The molecule has 4 nitrogen and oxygen atoms in total. The summed E-state index contributed by atoms with van der Waals surface area (Å²) in [6.45, 7) is 0. The van der Waals surface area contributed by atoms with Crippen molar-refractivity contribution in [2.45, 2.75) is 6.42 Å². The van der Waals surface area contributed by atoms with E-state index in [1.54, 1.807) is 6.20 Å². The van der Waals surface area contributed by atoms with Gasteiger partial charge in [0, 0.05) is 50.2 Å². The Labute approximate surface area is 141 Å². The van der Waals surface area contributed by atoms with Crippen LogP contribution >= 0.6 is 0 Å². The van der Waals surface area contributed by atoms with Crippen LogP contribution in [0.15, 0.2) is 66.0 Å². The Morgan fingerprint density at radius 2 is 1.58 bits per heavy atom. The first kappa shape index (κ1) is 14.6. The largest absolute Gasteiger partial charge is 0.363 e. The zero-order chi connectivity index (χ0) is 16.5. The van der Waals surface area contributed by atoms with Crippen molar-refractivity contribution in [3.8, 4) is 11.1 Å². The minimum absolute atomic E-state index is 0.849. The highest BCUT2D eigenvalue weighted by molar-refractivity contribution is 6.06. The average molecular weight is 314 g/mol. The van der Waals surface area contributed by atoms with E-state index in [0.29, 0.717) is 0 Å². The minimum Gasteiger partial charge on any atom is -0.363 e. The second-order valence-electron chi connectivity index (χ2n) is 6.12. The molecule has 3 heterocycles. The fraction of sp³-hybridized carbons (Fsp3) is 0.150. The number of rotatable bonds is 3. The lowest BCUT2D eigenvalue weighted by atomic mass is 10.0. The van der Waals surface area contributed by atoms with Crippen molar-refractivity contribution in [1.29, 1.82) is 0 Å². The zero-order valence-electron chi connectivity index (χ0n) is 13.8. The van der Waals surface area contributed by atoms with Gasteiger partial charge in [0.2, 0.25) is 0 Å². The molecule has 4 heteroatoms. The van der Waals surface area contributed by atoms with Gasteiger partial charge in [-0.2, -0.15) is 0 Å². The van der Waals surface area contributed by atoms with Crippen LogP contribution in [0.4, 0.5) is 11.5 Å². The summed E-state index contributed by atoms with van der Waals surface area (Å²) in [5, 5.41) is 0. The van der Waals surface area contributed by atoms with Crippen molar-refractivity contribution in [3.05, 3.63) is 72.2 Å². The van der Waals surface area contributed by atoms with E-state index in [1.165, 1.54) is 5.56 Å². The van der Waals surface area contributed by atoms with E-state index in [4.69, 9.17) is 4.99 Å². The van der Waals surface area contributed by atoms with E-state index in [1.807, 2.05) is 43.5 Å². The van der Waals surface area contributed by atoms with Crippen LogP contribution < -0.4 is 4.90 Å². The second kappa shape index (κ2) is 5.89. The van der Waals surface area contributed by atoms with Crippen molar-refractivity contribution in [1.82, 2.24) is 9.97 Å². The number of hydrogen-bond acceptors (Lipinski definition) is 4. The first-order chi connectivity index (χ1) is 11.7. The minimum atomic E-state index is 0.849. The van der Waals surface area contributed by atoms with E-state index in [9.17, 15) is 0 Å². The maximum absolute atomic E-state index is 4.71. The molecule has 24 heavy (non-hydrogen) atoms. The quantitative estimate of drug-likeness (QED) is 0.736. The number of hydrogen-bond donors (Lipinski definition) is 0. The summed E-state index contributed by atoms with van der Waals surface area (Å²) in [6.07, 6.45) is 6.46. The van der Waals surface area contributed by atoms with Crippen LogP contribution in [0.2, 0.25) is 0 Å². The molecule has 0 saturated heterocycles. The van der Waals surface area contributed by atoms with Gasteiger partial charge in [0.15, 0.2) is 0 Å². The Kier molecular flexibility index (Phi) is 3.58. The van der Waals surface area contributed by atoms with Crippen molar-refractivity contribution in [2.24, 2.45) is 4.99 Å². The SMILES string of the molecule is CN(C)c1ccc(-c2ccc(C3=Nc4ccncc4C3)cc2)cn1. The van der Waals surface area contributed by atoms with E-state index in [2.05, 4.69) is 40.3 Å². The lowest BCUT2D eigenvalue weighted by Gasteiger charge is -2.11. The molecule has 3 aromatic rings. The van der Waals surface area contributed by atoms with Crippen LogP contribution in [0, 0.1) is 0 Å². The first-order valence-corrected chi connectivity index (χ1v) is 7.95. The third-order valence-electron chi connectivity index (χ3n) is 4.25. The molecule has 0 radical (unpaired) electrons. The maximum atomic E-state index is 4.71. The molecule has 118 valence electrons. The molecular weight excluding hydrogens is 296 g/mol. The van der Waals surface area contributed by atoms with Gasteiger partial charge in [-0.15, -0.1) is 0 Å². The molecule has 0 fully saturated rings. The molecule has 0 bridgehead atoms. The molecule has 0 atom stereocenters. The number of aliphatic imine (C=N–C) groups is 1. The number of benzene rings is 1. The summed E-state index contributed by atoms with van der Waals surface area (Å²) < 4.78 is 0. The normalized spacial score (nSPS) is 12.7. The van der Waals surface area contributed by atoms with E-state index in [0.717, 1.165) is 40.3 Å². The third-order valence-corrected chi connectivity index (χ3v) is 4.25. The smallest absolute Gasteiger partial charge is 0.127 e. The van der Waals surface area contributed by atoms with Gasteiger partial charge in [-0.1, -0.05) is 24.3 Å². The molecular formula is C20H18N4. The highest BCUT2D eigenvalue weighted by atomic mass is 15.1. The van der Waals surface area contributed by atoms with E-state index in [-0.39, 0.29) is 0 Å². The molecule has 0 amide bonds. The van der Waals surface area contributed by atoms with Crippen LogP contribution in [-0.2, 0) is 6.42 Å². The molecule has 0 unspecified atom stereocenters. The van der Waals surface area contributed by atoms with Crippen LogP contribution in [0.1, 0.15) is 11.1 Å². The Morgan fingerprint density at radius 1 is 0.833 bits per heavy atom. The summed E-state index contributed by atoms with van der Waals surface area (Å²) in [6, 6.07) is 14.6. The van der Waals surface area contributed by atoms with Crippen LogP contribution in [0.3, 0.4) is 0 Å². The van der Waals surface area contributed by atoms with Gasteiger partial charge < -0.3 is 4.90 Å². The standard InChI is InChI=1S/C20H18N4/c1-24(2)20-8-7-16(13-22-20)14-3-5-15(6-4-14)19-11-17-12-21-10-9-18(17)23-19/h3-10,12-13H,11H2,1-2H3. The Morgan fingerprint density at radius 3 is 2.25 bits per heavy atom. The molecule has 1 aliphatic rings. The van der Waals surface area contributed by atoms with Gasteiger partial charge in [-0.3, -0.25) is 9.98 Å². The third kappa shape index (κ3) is 2.67. The van der Waals surface area contributed by atoms with Gasteiger partial charge in [0.05, 0.1) is 11.4 Å². The Bertz CT molecular complexity index is 894. The fourth-order valence-corrected chi connectivity index (χ4v) is 2.87. The number of fused-ring (bicyclic) bond motifs is 1. The average Bonchev–Trinajstić information content (AvgIpc) is 3.06. The predicted molar refractivity (Wildman–Crippen MR) is 98.1 cm³/mol. The van der Waals surface area contributed by atoms with Gasteiger partial charge in [-0.25, -0.2) is 4.98 Å². The second-order valence-corrected chi connectivity index (χ2v) is 6.12. The topological polar surface area (TPSA) is 41.4 Å². The van der Waals surface area contributed by atoms with Gasteiger partial charge in [0.1, 0.15) is 5.82 Å². The molecule has 2 aromatic heterocycles. The Hall–Kier alpha value is -3.01. The van der Waals surface area contributed by atoms with Crippen LogP contribution in [0.25, 0.3) is 11.1 Å². The monoisotopic (exact) mass is 314 g/mol. The van der Waals surface area contributed by atoms with Crippen molar-refractivity contribution >= 4 is 17.2 Å². The summed E-state index contributed by atoms with van der Waals surface area (Å²) in [5.74, 6) is 0.960. The van der Waals surface area contributed by atoms with Crippen molar-refractivity contribution < 1.29 is 0 Å². The maximum Gasteiger partial charge on any atom is 0.127 e. The number of aromatic nitrogens is 2. The summed E-state index contributed by atoms with van der Waals surface area (Å²) in [7, 11) is 3.99. The van der Waals surface area contributed by atoms with E-state index >= 15 is 0 Å². The van der Waals surface area contributed by atoms with Crippen LogP contribution in [-0.4, -0.2) is 29.8 Å². The molecule has 0 spiro atoms. The molecule has 1 aliphatic heterocycles. The Balaban J connectivity index is 1.58. The highest BCUT2D eigenvalue weighted by Gasteiger charge is 2.15. The lowest BCUT2D eigenvalue weighted by Crippen LogP contribution is -2.09. The van der Waals surface area contributed by atoms with Gasteiger partial charge in [0.25, 0.3) is 0 Å². The molecule has 1 aromatic carbocycles. The van der Waals surface area contributed by atoms with Gasteiger partial charge in [-0.05, 0) is 29.3 Å². The highest BCUT2D eigenvalue weighted by Crippen LogP contribution is 2.28. The summed E-state index contributed by atoms with van der Waals surface area (Å²) in [5.41, 5.74) is 6.77.